The lowest BCUT2D eigenvalue weighted by Crippen LogP contribution is -2.26. The Kier molecular flexibility index (Phi) is 4.60. The van der Waals surface area contributed by atoms with Crippen LogP contribution in [0.5, 0.6) is 0 Å². The van der Waals surface area contributed by atoms with E-state index >= 15 is 0 Å². The van der Waals surface area contributed by atoms with Crippen LogP contribution in [0.1, 0.15) is 25.7 Å². The SMILES string of the molecule is COC(=O)NCCCC1CCCN1. The molecule has 13 heavy (non-hydrogen) atoms. The molecule has 1 atom stereocenters. The number of carbonyl (C=O) groups is 1. The van der Waals surface area contributed by atoms with Gasteiger partial charge in [-0.3, -0.25) is 0 Å². The van der Waals surface area contributed by atoms with Gasteiger partial charge in [0.15, 0.2) is 0 Å². The zero-order valence-corrected chi connectivity index (χ0v) is 8.14. The molecular weight excluding hydrogens is 168 g/mol. The van der Waals surface area contributed by atoms with Crippen molar-refractivity contribution in [2.24, 2.45) is 0 Å². The van der Waals surface area contributed by atoms with Gasteiger partial charge in [0, 0.05) is 12.6 Å². The summed E-state index contributed by atoms with van der Waals surface area (Å²) in [5.41, 5.74) is 0. The summed E-state index contributed by atoms with van der Waals surface area (Å²) in [7, 11) is 1.38. The van der Waals surface area contributed by atoms with E-state index in [4.69, 9.17) is 0 Å². The Morgan fingerprint density at radius 2 is 2.54 bits per heavy atom. The van der Waals surface area contributed by atoms with E-state index in [-0.39, 0.29) is 6.09 Å². The summed E-state index contributed by atoms with van der Waals surface area (Å²) in [6.07, 6.45) is 4.39. The van der Waals surface area contributed by atoms with Crippen molar-refractivity contribution in [1.82, 2.24) is 10.6 Å². The molecule has 1 aliphatic rings. The first kappa shape index (κ1) is 10.3. The Labute approximate surface area is 79.0 Å². The van der Waals surface area contributed by atoms with Gasteiger partial charge in [0.25, 0.3) is 0 Å². The number of nitrogens with one attached hydrogen (secondary N) is 2. The molecule has 4 nitrogen and oxygen atoms in total. The van der Waals surface area contributed by atoms with Crippen molar-refractivity contribution in [3.05, 3.63) is 0 Å². The van der Waals surface area contributed by atoms with Gasteiger partial charge < -0.3 is 15.4 Å². The van der Waals surface area contributed by atoms with Crippen LogP contribution in [0.4, 0.5) is 4.79 Å². The maximum Gasteiger partial charge on any atom is 0.406 e. The molecule has 0 aromatic rings. The monoisotopic (exact) mass is 186 g/mol. The van der Waals surface area contributed by atoms with Crippen LogP contribution in [-0.2, 0) is 4.74 Å². The molecule has 1 aliphatic heterocycles. The molecule has 1 saturated heterocycles. The van der Waals surface area contributed by atoms with Crippen LogP contribution in [0.25, 0.3) is 0 Å². The molecule has 76 valence electrons. The standard InChI is InChI=1S/C9H18N2O2/c1-13-9(12)11-7-3-5-8-4-2-6-10-8/h8,10H,2-7H2,1H3,(H,11,12). The average molecular weight is 186 g/mol. The zero-order valence-electron chi connectivity index (χ0n) is 8.14. The summed E-state index contributed by atoms with van der Waals surface area (Å²) in [4.78, 5) is 10.7. The van der Waals surface area contributed by atoms with Gasteiger partial charge >= 0.3 is 6.09 Å². The summed E-state index contributed by atoms with van der Waals surface area (Å²) in [6, 6.07) is 0.666. The molecule has 0 aromatic heterocycles. The summed E-state index contributed by atoms with van der Waals surface area (Å²) in [5.74, 6) is 0. The van der Waals surface area contributed by atoms with Gasteiger partial charge in [-0.15, -0.1) is 0 Å². The third kappa shape index (κ3) is 4.12. The first-order chi connectivity index (χ1) is 6.33. The van der Waals surface area contributed by atoms with E-state index in [0.717, 1.165) is 19.4 Å². The molecule has 0 saturated carbocycles. The molecule has 4 heteroatoms. The first-order valence-electron chi connectivity index (χ1n) is 4.88. The molecule has 1 rings (SSSR count). The second-order valence-electron chi connectivity index (χ2n) is 3.35. The molecule has 2 N–H and O–H groups in total. The van der Waals surface area contributed by atoms with Crippen LogP contribution in [0.2, 0.25) is 0 Å². The minimum Gasteiger partial charge on any atom is -0.453 e. The number of methoxy groups -OCH3 is 1. The Hall–Kier alpha value is -0.770. The maximum atomic E-state index is 10.7. The largest absolute Gasteiger partial charge is 0.453 e. The molecular formula is C9H18N2O2. The topological polar surface area (TPSA) is 50.4 Å². The zero-order chi connectivity index (χ0) is 9.52. The van der Waals surface area contributed by atoms with Gasteiger partial charge in [0.2, 0.25) is 0 Å². The minimum absolute atomic E-state index is 0.334. The van der Waals surface area contributed by atoms with Crippen molar-refractivity contribution >= 4 is 6.09 Å². The van der Waals surface area contributed by atoms with Crippen molar-refractivity contribution in [2.45, 2.75) is 31.7 Å². The molecule has 1 fully saturated rings. The predicted molar refractivity (Wildman–Crippen MR) is 50.7 cm³/mol. The first-order valence-corrected chi connectivity index (χ1v) is 4.88. The molecule has 1 heterocycles. The van der Waals surface area contributed by atoms with Crippen molar-refractivity contribution in [1.29, 1.82) is 0 Å². The highest BCUT2D eigenvalue weighted by Gasteiger charge is 2.12. The number of ether oxygens (including phenoxy) is 1. The van der Waals surface area contributed by atoms with Crippen molar-refractivity contribution in [2.75, 3.05) is 20.2 Å². The van der Waals surface area contributed by atoms with Crippen LogP contribution in [0.15, 0.2) is 0 Å². The fourth-order valence-corrected chi connectivity index (χ4v) is 1.61. The molecule has 0 radical (unpaired) electrons. The number of hydrogen-bond donors (Lipinski definition) is 2. The third-order valence-corrected chi connectivity index (χ3v) is 2.35. The van der Waals surface area contributed by atoms with Crippen LogP contribution in [-0.4, -0.2) is 32.3 Å². The van der Waals surface area contributed by atoms with Gasteiger partial charge in [-0.1, -0.05) is 0 Å². The van der Waals surface area contributed by atoms with E-state index in [0.29, 0.717) is 12.6 Å². The average Bonchev–Trinajstić information content (AvgIpc) is 2.64. The molecule has 1 amide bonds. The minimum atomic E-state index is -0.334. The maximum absolute atomic E-state index is 10.7. The molecule has 0 bridgehead atoms. The number of rotatable bonds is 4. The normalized spacial score (nSPS) is 21.5. The number of amides is 1. The van der Waals surface area contributed by atoms with Crippen molar-refractivity contribution in [3.63, 3.8) is 0 Å². The lowest BCUT2D eigenvalue weighted by Gasteiger charge is -2.09. The Morgan fingerprint density at radius 1 is 1.69 bits per heavy atom. The van der Waals surface area contributed by atoms with Crippen LogP contribution < -0.4 is 10.6 Å². The van der Waals surface area contributed by atoms with E-state index in [2.05, 4.69) is 15.4 Å². The molecule has 0 aromatic carbocycles. The highest BCUT2D eigenvalue weighted by molar-refractivity contribution is 5.66. The summed E-state index contributed by atoms with van der Waals surface area (Å²) < 4.78 is 4.46. The fourth-order valence-electron chi connectivity index (χ4n) is 1.61. The van der Waals surface area contributed by atoms with Crippen molar-refractivity contribution < 1.29 is 9.53 Å². The van der Waals surface area contributed by atoms with Gasteiger partial charge in [-0.2, -0.15) is 0 Å². The second kappa shape index (κ2) is 5.80. The van der Waals surface area contributed by atoms with E-state index in [1.54, 1.807) is 0 Å². The highest BCUT2D eigenvalue weighted by atomic mass is 16.5. The lowest BCUT2D eigenvalue weighted by molar-refractivity contribution is 0.170. The Morgan fingerprint density at radius 3 is 3.15 bits per heavy atom. The van der Waals surface area contributed by atoms with E-state index < -0.39 is 0 Å². The summed E-state index contributed by atoms with van der Waals surface area (Å²) in [6.45, 7) is 1.86. The summed E-state index contributed by atoms with van der Waals surface area (Å²) >= 11 is 0. The lowest BCUT2D eigenvalue weighted by atomic mass is 10.1. The predicted octanol–water partition coefficient (Wildman–Crippen LogP) is 0.875. The quantitative estimate of drug-likeness (QED) is 0.641. The van der Waals surface area contributed by atoms with Gasteiger partial charge in [0.05, 0.1) is 7.11 Å². The van der Waals surface area contributed by atoms with Gasteiger partial charge in [-0.05, 0) is 32.2 Å². The Bertz CT molecular complexity index is 156. The van der Waals surface area contributed by atoms with Crippen LogP contribution in [0.3, 0.4) is 0 Å². The second-order valence-corrected chi connectivity index (χ2v) is 3.35. The number of alkyl carbamates (subject to hydrolysis) is 1. The Balaban J connectivity index is 1.91. The van der Waals surface area contributed by atoms with Gasteiger partial charge in [0.1, 0.15) is 0 Å². The number of carbonyl (C=O) groups excluding carboxylic acids is 1. The molecule has 1 unspecified atom stereocenters. The van der Waals surface area contributed by atoms with E-state index in [9.17, 15) is 4.79 Å². The third-order valence-electron chi connectivity index (χ3n) is 2.35. The van der Waals surface area contributed by atoms with Crippen molar-refractivity contribution in [3.8, 4) is 0 Å². The highest BCUT2D eigenvalue weighted by Crippen LogP contribution is 2.09. The van der Waals surface area contributed by atoms with Gasteiger partial charge in [-0.25, -0.2) is 4.79 Å². The van der Waals surface area contributed by atoms with Crippen LogP contribution in [0, 0.1) is 0 Å². The molecule has 0 aliphatic carbocycles. The number of hydrogen-bond acceptors (Lipinski definition) is 3. The van der Waals surface area contributed by atoms with E-state index in [1.807, 2.05) is 0 Å². The summed E-state index contributed by atoms with van der Waals surface area (Å²) in [5, 5.41) is 6.08. The van der Waals surface area contributed by atoms with E-state index in [1.165, 1.54) is 20.0 Å². The molecule has 0 spiro atoms. The smallest absolute Gasteiger partial charge is 0.406 e. The van der Waals surface area contributed by atoms with Crippen LogP contribution >= 0.6 is 0 Å². The fraction of sp³-hybridized carbons (Fsp3) is 0.889.